The minimum atomic E-state index is 0.122. The number of fused-ring (bicyclic) bond motifs is 2. The molecule has 0 spiro atoms. The summed E-state index contributed by atoms with van der Waals surface area (Å²) in [5, 5.41) is 4.78. The summed E-state index contributed by atoms with van der Waals surface area (Å²) >= 11 is 1.32. The van der Waals surface area contributed by atoms with E-state index in [4.69, 9.17) is 0 Å². The molecule has 18 heavy (non-hydrogen) atoms. The van der Waals surface area contributed by atoms with Crippen LogP contribution in [0.4, 0.5) is 0 Å². The molecule has 0 N–H and O–H groups in total. The van der Waals surface area contributed by atoms with Crippen molar-refractivity contribution in [3.8, 4) is 0 Å². The Morgan fingerprint density at radius 1 is 0.889 bits per heavy atom. The van der Waals surface area contributed by atoms with E-state index in [9.17, 15) is 4.79 Å². The van der Waals surface area contributed by atoms with E-state index < -0.39 is 0 Å². The fourth-order valence-corrected chi connectivity index (χ4v) is 3.10. The third kappa shape index (κ3) is 1.89. The number of hydrogen-bond donors (Lipinski definition) is 0. The Balaban J connectivity index is 2.45. The Hall–Kier alpha value is -1.80. The summed E-state index contributed by atoms with van der Waals surface area (Å²) in [6.45, 7) is 1.61. The average Bonchev–Trinajstić information content (AvgIpc) is 2.38. The zero-order chi connectivity index (χ0) is 12.5. The fourth-order valence-electron chi connectivity index (χ4n) is 2.23. The predicted molar refractivity (Wildman–Crippen MR) is 78.0 cm³/mol. The SMILES string of the molecule is CC(=O)Sc1c2ccccc2cc2ccccc12. The van der Waals surface area contributed by atoms with Crippen LogP contribution in [0, 0.1) is 0 Å². The van der Waals surface area contributed by atoms with Crippen LogP contribution in [0.5, 0.6) is 0 Å². The quantitative estimate of drug-likeness (QED) is 0.464. The highest BCUT2D eigenvalue weighted by molar-refractivity contribution is 8.14. The maximum Gasteiger partial charge on any atom is 0.190 e. The molecule has 3 aromatic rings. The van der Waals surface area contributed by atoms with Crippen LogP contribution >= 0.6 is 11.8 Å². The van der Waals surface area contributed by atoms with Crippen LogP contribution in [0.15, 0.2) is 59.5 Å². The zero-order valence-electron chi connectivity index (χ0n) is 10.0. The first kappa shape index (κ1) is 11.3. The monoisotopic (exact) mass is 252 g/mol. The van der Waals surface area contributed by atoms with Gasteiger partial charge in [0.15, 0.2) is 5.12 Å². The second kappa shape index (κ2) is 4.46. The van der Waals surface area contributed by atoms with E-state index in [0.717, 1.165) is 15.7 Å². The summed E-state index contributed by atoms with van der Waals surface area (Å²) in [5.41, 5.74) is 0. The number of carbonyl (C=O) groups is 1. The summed E-state index contributed by atoms with van der Waals surface area (Å²) in [6.07, 6.45) is 0. The van der Waals surface area contributed by atoms with Gasteiger partial charge in [0.2, 0.25) is 0 Å². The molecule has 0 aliphatic rings. The van der Waals surface area contributed by atoms with Crippen LogP contribution in [-0.4, -0.2) is 5.12 Å². The van der Waals surface area contributed by atoms with Gasteiger partial charge in [0.1, 0.15) is 0 Å². The first-order valence-electron chi connectivity index (χ1n) is 5.84. The van der Waals surface area contributed by atoms with Crippen LogP contribution in [0.25, 0.3) is 21.5 Å². The van der Waals surface area contributed by atoms with Crippen molar-refractivity contribution in [1.82, 2.24) is 0 Å². The Labute approximate surface area is 110 Å². The first-order valence-corrected chi connectivity index (χ1v) is 6.66. The van der Waals surface area contributed by atoms with Crippen molar-refractivity contribution in [2.75, 3.05) is 0 Å². The van der Waals surface area contributed by atoms with Crippen LogP contribution < -0.4 is 0 Å². The molecule has 0 saturated carbocycles. The van der Waals surface area contributed by atoms with Gasteiger partial charge < -0.3 is 0 Å². The molecule has 0 unspecified atom stereocenters. The average molecular weight is 252 g/mol. The minimum absolute atomic E-state index is 0.122. The van der Waals surface area contributed by atoms with Crippen LogP contribution in [0.1, 0.15) is 6.92 Å². The Bertz CT molecular complexity index is 692. The third-order valence-electron chi connectivity index (χ3n) is 2.97. The second-order valence-electron chi connectivity index (χ2n) is 4.24. The van der Waals surface area contributed by atoms with Gasteiger partial charge in [-0.25, -0.2) is 0 Å². The third-order valence-corrected chi connectivity index (χ3v) is 3.90. The van der Waals surface area contributed by atoms with Crippen molar-refractivity contribution in [2.45, 2.75) is 11.8 Å². The van der Waals surface area contributed by atoms with Gasteiger partial charge >= 0.3 is 0 Å². The summed E-state index contributed by atoms with van der Waals surface area (Å²) in [4.78, 5) is 12.5. The van der Waals surface area contributed by atoms with E-state index in [2.05, 4.69) is 30.3 Å². The molecule has 3 aromatic carbocycles. The summed E-state index contributed by atoms with van der Waals surface area (Å²) < 4.78 is 0. The number of hydrogen-bond acceptors (Lipinski definition) is 2. The van der Waals surface area contributed by atoms with E-state index in [1.54, 1.807) is 6.92 Å². The molecule has 0 saturated heterocycles. The molecule has 1 nitrogen and oxygen atoms in total. The van der Waals surface area contributed by atoms with Crippen LogP contribution in [0.3, 0.4) is 0 Å². The van der Waals surface area contributed by atoms with Gasteiger partial charge in [0, 0.05) is 11.8 Å². The number of carbonyl (C=O) groups excluding carboxylic acids is 1. The van der Waals surface area contributed by atoms with E-state index in [1.807, 2.05) is 24.3 Å². The van der Waals surface area contributed by atoms with Crippen molar-refractivity contribution in [2.24, 2.45) is 0 Å². The smallest absolute Gasteiger partial charge is 0.190 e. The fraction of sp³-hybridized carbons (Fsp3) is 0.0625. The lowest BCUT2D eigenvalue weighted by Gasteiger charge is -2.09. The topological polar surface area (TPSA) is 17.1 Å². The Kier molecular flexibility index (Phi) is 2.80. The normalized spacial score (nSPS) is 10.9. The predicted octanol–water partition coefficient (Wildman–Crippen LogP) is 4.63. The Morgan fingerprint density at radius 3 is 1.89 bits per heavy atom. The molecule has 0 aromatic heterocycles. The molecule has 2 heteroatoms. The van der Waals surface area contributed by atoms with Gasteiger partial charge in [-0.3, -0.25) is 4.79 Å². The lowest BCUT2D eigenvalue weighted by atomic mass is 10.0. The highest BCUT2D eigenvalue weighted by Gasteiger charge is 2.09. The molecule has 0 atom stereocenters. The molecule has 0 fully saturated rings. The highest BCUT2D eigenvalue weighted by atomic mass is 32.2. The summed E-state index contributed by atoms with van der Waals surface area (Å²) in [6, 6.07) is 18.6. The lowest BCUT2D eigenvalue weighted by molar-refractivity contribution is -0.109. The molecule has 88 valence electrons. The molecule has 0 heterocycles. The van der Waals surface area contributed by atoms with E-state index in [1.165, 1.54) is 22.5 Å². The standard InChI is InChI=1S/C16H12OS/c1-11(17)18-16-14-8-4-2-6-12(14)10-13-7-3-5-9-15(13)16/h2-10H,1H3. The van der Waals surface area contributed by atoms with Gasteiger partial charge in [-0.05, 0) is 27.6 Å². The molecule has 0 bridgehead atoms. The molecule has 0 aliphatic heterocycles. The maximum absolute atomic E-state index is 11.5. The van der Waals surface area contributed by atoms with Crippen molar-refractivity contribution < 1.29 is 4.79 Å². The molecule has 0 aliphatic carbocycles. The molecule has 3 rings (SSSR count). The molecular formula is C16H12OS. The number of rotatable bonds is 1. The summed E-state index contributed by atoms with van der Waals surface area (Å²) in [5.74, 6) is 0. The first-order chi connectivity index (χ1) is 8.75. The van der Waals surface area contributed by atoms with Crippen LogP contribution in [0.2, 0.25) is 0 Å². The van der Waals surface area contributed by atoms with Crippen molar-refractivity contribution in [1.29, 1.82) is 0 Å². The van der Waals surface area contributed by atoms with E-state index in [0.29, 0.717) is 0 Å². The van der Waals surface area contributed by atoms with Gasteiger partial charge in [0.25, 0.3) is 0 Å². The zero-order valence-corrected chi connectivity index (χ0v) is 10.8. The molecule has 0 radical (unpaired) electrons. The van der Waals surface area contributed by atoms with Crippen molar-refractivity contribution in [3.05, 3.63) is 54.6 Å². The van der Waals surface area contributed by atoms with Crippen LogP contribution in [-0.2, 0) is 4.79 Å². The number of thioether (sulfide) groups is 1. The maximum atomic E-state index is 11.5. The molecule has 0 amide bonds. The Morgan fingerprint density at radius 2 is 1.39 bits per heavy atom. The number of benzene rings is 3. The summed E-state index contributed by atoms with van der Waals surface area (Å²) in [7, 11) is 0. The molecular weight excluding hydrogens is 240 g/mol. The van der Waals surface area contributed by atoms with Gasteiger partial charge in [0.05, 0.1) is 0 Å². The van der Waals surface area contributed by atoms with Gasteiger partial charge in [-0.1, -0.05) is 60.3 Å². The van der Waals surface area contributed by atoms with Crippen molar-refractivity contribution in [3.63, 3.8) is 0 Å². The van der Waals surface area contributed by atoms with Gasteiger partial charge in [-0.15, -0.1) is 0 Å². The van der Waals surface area contributed by atoms with Crippen molar-refractivity contribution >= 4 is 38.4 Å². The minimum Gasteiger partial charge on any atom is -0.287 e. The lowest BCUT2D eigenvalue weighted by Crippen LogP contribution is -1.86. The second-order valence-corrected chi connectivity index (χ2v) is 5.43. The largest absolute Gasteiger partial charge is 0.287 e. The van der Waals surface area contributed by atoms with E-state index in [-0.39, 0.29) is 5.12 Å². The highest BCUT2D eigenvalue weighted by Crippen LogP contribution is 2.35. The van der Waals surface area contributed by atoms with E-state index >= 15 is 0 Å². The van der Waals surface area contributed by atoms with Gasteiger partial charge in [-0.2, -0.15) is 0 Å².